The van der Waals surface area contributed by atoms with Crippen LogP contribution < -0.4 is 0 Å². The molecule has 0 rings (SSSR count). The number of rotatable bonds is 2. The molecule has 0 heterocycles. The van der Waals surface area contributed by atoms with E-state index >= 15 is 0 Å². The van der Waals surface area contributed by atoms with E-state index in [1.54, 1.807) is 19.9 Å². The lowest BCUT2D eigenvalue weighted by molar-refractivity contribution is 0.492. The lowest BCUT2D eigenvalue weighted by Gasteiger charge is -1.92. The summed E-state index contributed by atoms with van der Waals surface area (Å²) < 4.78 is 29.2. The van der Waals surface area contributed by atoms with Crippen LogP contribution in [-0.2, 0) is 10.1 Å². The Morgan fingerprint density at radius 1 is 1.40 bits per heavy atom. The van der Waals surface area contributed by atoms with E-state index in [2.05, 4.69) is 0 Å². The van der Waals surface area contributed by atoms with Gasteiger partial charge in [0.05, 0.1) is 4.91 Å². The second-order valence-corrected chi connectivity index (χ2v) is 3.09. The minimum absolute atomic E-state index is 0.0741. The number of hydrogen-bond donors (Lipinski definition) is 1. The van der Waals surface area contributed by atoms with E-state index in [4.69, 9.17) is 4.55 Å². The molecule has 0 aromatic carbocycles. The molecule has 0 radical (unpaired) electrons. The Kier molecular flexibility index (Phi) is 3.32. The third kappa shape index (κ3) is 2.80. The largest absolute Gasteiger partial charge is 0.294 e. The maximum absolute atomic E-state index is 10.4. The fourth-order valence-corrected chi connectivity index (χ4v) is 1.10. The van der Waals surface area contributed by atoms with Crippen LogP contribution in [0.5, 0.6) is 0 Å². The van der Waals surface area contributed by atoms with Crippen LogP contribution in [0.25, 0.3) is 0 Å². The van der Waals surface area contributed by atoms with E-state index in [0.717, 1.165) is 0 Å². The molecule has 0 aromatic rings. The summed E-state index contributed by atoms with van der Waals surface area (Å²) in [6, 6.07) is 0. The molecular formula is C6H10O3S. The van der Waals surface area contributed by atoms with Crippen LogP contribution in [0, 0.1) is 0 Å². The zero-order valence-corrected chi connectivity index (χ0v) is 6.72. The molecule has 0 atom stereocenters. The molecule has 0 fully saturated rings. The van der Waals surface area contributed by atoms with Crippen LogP contribution in [0.1, 0.15) is 13.8 Å². The highest BCUT2D eigenvalue weighted by Crippen LogP contribution is 2.04. The molecular weight excluding hydrogens is 152 g/mol. The highest BCUT2D eigenvalue weighted by molar-refractivity contribution is 7.90. The average Bonchev–Trinajstić information content (AvgIpc) is 1.80. The van der Waals surface area contributed by atoms with Crippen molar-refractivity contribution < 1.29 is 13.0 Å². The minimum atomic E-state index is -4.00. The molecule has 1 N–H and O–H groups in total. The Morgan fingerprint density at radius 3 is 2.00 bits per heavy atom. The second-order valence-electron chi connectivity index (χ2n) is 1.67. The molecule has 58 valence electrons. The summed E-state index contributed by atoms with van der Waals surface area (Å²) in [7, 11) is -4.00. The van der Waals surface area contributed by atoms with Gasteiger partial charge in [0.25, 0.3) is 10.1 Å². The van der Waals surface area contributed by atoms with Gasteiger partial charge in [-0.2, -0.15) is 8.42 Å². The van der Waals surface area contributed by atoms with Crippen LogP contribution >= 0.6 is 0 Å². The summed E-state index contributed by atoms with van der Waals surface area (Å²) in [4.78, 5) is -0.0741. The minimum Gasteiger partial charge on any atom is -0.282 e. The molecule has 0 bridgehead atoms. The Labute approximate surface area is 60.8 Å². The standard InChI is InChI=1S/C6H10O3S/c1-3-5-6(4-2)10(7,8)9/h3-5H,1-2H3,(H,7,8,9). The van der Waals surface area contributed by atoms with Gasteiger partial charge in [-0.15, -0.1) is 0 Å². The van der Waals surface area contributed by atoms with E-state index < -0.39 is 10.1 Å². The lowest BCUT2D eigenvalue weighted by Crippen LogP contribution is -1.98. The molecule has 0 saturated heterocycles. The summed E-state index contributed by atoms with van der Waals surface area (Å²) in [6.45, 7) is 3.22. The van der Waals surface area contributed by atoms with Gasteiger partial charge in [-0.05, 0) is 19.9 Å². The van der Waals surface area contributed by atoms with Gasteiger partial charge in [-0.25, -0.2) is 0 Å². The van der Waals surface area contributed by atoms with Gasteiger partial charge in [0, 0.05) is 0 Å². The first-order valence-corrected chi connectivity index (χ1v) is 4.23. The molecule has 0 saturated carbocycles. The summed E-state index contributed by atoms with van der Waals surface area (Å²) >= 11 is 0. The average molecular weight is 162 g/mol. The zero-order chi connectivity index (χ0) is 8.20. The van der Waals surface area contributed by atoms with Crippen molar-refractivity contribution in [1.82, 2.24) is 0 Å². The van der Waals surface area contributed by atoms with Crippen molar-refractivity contribution in [3.05, 3.63) is 23.1 Å². The highest BCUT2D eigenvalue weighted by atomic mass is 32.2. The second kappa shape index (κ2) is 3.53. The monoisotopic (exact) mass is 162 g/mol. The van der Waals surface area contributed by atoms with Gasteiger partial charge in [0.2, 0.25) is 0 Å². The van der Waals surface area contributed by atoms with Crippen molar-refractivity contribution in [3.63, 3.8) is 0 Å². The Hall–Kier alpha value is -0.610. The Balaban J connectivity index is 4.75. The first-order chi connectivity index (χ1) is 4.52. The van der Waals surface area contributed by atoms with E-state index in [1.807, 2.05) is 0 Å². The smallest absolute Gasteiger partial charge is 0.282 e. The molecule has 4 heteroatoms. The molecule has 0 aliphatic rings. The number of allylic oxidation sites excluding steroid dienone is 3. The van der Waals surface area contributed by atoms with Crippen molar-refractivity contribution >= 4 is 10.1 Å². The fourth-order valence-electron chi connectivity index (χ4n) is 0.495. The third-order valence-electron chi connectivity index (χ3n) is 0.913. The summed E-state index contributed by atoms with van der Waals surface area (Å²) in [5.41, 5.74) is 0. The van der Waals surface area contributed by atoms with Gasteiger partial charge in [-0.3, -0.25) is 4.55 Å². The van der Waals surface area contributed by atoms with E-state index in [1.165, 1.54) is 12.2 Å². The van der Waals surface area contributed by atoms with Crippen molar-refractivity contribution in [2.45, 2.75) is 13.8 Å². The Morgan fingerprint density at radius 2 is 1.90 bits per heavy atom. The molecule has 0 spiro atoms. The van der Waals surface area contributed by atoms with E-state index in [0.29, 0.717) is 0 Å². The maximum Gasteiger partial charge on any atom is 0.294 e. The number of hydrogen-bond acceptors (Lipinski definition) is 2. The van der Waals surface area contributed by atoms with Crippen LogP contribution in [-0.4, -0.2) is 13.0 Å². The van der Waals surface area contributed by atoms with Crippen molar-refractivity contribution in [2.75, 3.05) is 0 Å². The van der Waals surface area contributed by atoms with Crippen LogP contribution in [0.15, 0.2) is 23.1 Å². The summed E-state index contributed by atoms with van der Waals surface area (Å²) in [6.07, 6.45) is 4.20. The third-order valence-corrected chi connectivity index (χ3v) is 1.88. The molecule has 10 heavy (non-hydrogen) atoms. The van der Waals surface area contributed by atoms with Crippen molar-refractivity contribution in [3.8, 4) is 0 Å². The molecule has 0 aliphatic carbocycles. The van der Waals surface area contributed by atoms with Gasteiger partial charge >= 0.3 is 0 Å². The molecule has 0 aromatic heterocycles. The van der Waals surface area contributed by atoms with Crippen LogP contribution in [0.2, 0.25) is 0 Å². The Bertz CT molecular complexity index is 246. The van der Waals surface area contributed by atoms with Crippen LogP contribution in [0.3, 0.4) is 0 Å². The maximum atomic E-state index is 10.4. The zero-order valence-electron chi connectivity index (χ0n) is 5.90. The predicted octanol–water partition coefficient (Wildman–Crippen LogP) is 1.35. The normalized spacial score (nSPS) is 14.5. The topological polar surface area (TPSA) is 54.4 Å². The highest BCUT2D eigenvalue weighted by Gasteiger charge is 2.06. The van der Waals surface area contributed by atoms with Crippen molar-refractivity contribution in [1.29, 1.82) is 0 Å². The quantitative estimate of drug-likeness (QED) is 0.492. The summed E-state index contributed by atoms with van der Waals surface area (Å²) in [5, 5.41) is 0. The lowest BCUT2D eigenvalue weighted by atomic mass is 10.4. The van der Waals surface area contributed by atoms with Crippen LogP contribution in [0.4, 0.5) is 0 Å². The van der Waals surface area contributed by atoms with Gasteiger partial charge in [-0.1, -0.05) is 12.2 Å². The molecule has 0 amide bonds. The van der Waals surface area contributed by atoms with Gasteiger partial charge in [0.15, 0.2) is 0 Å². The first kappa shape index (κ1) is 9.39. The first-order valence-electron chi connectivity index (χ1n) is 2.79. The fraction of sp³-hybridized carbons (Fsp3) is 0.333. The van der Waals surface area contributed by atoms with Gasteiger partial charge < -0.3 is 0 Å². The van der Waals surface area contributed by atoms with E-state index in [-0.39, 0.29) is 4.91 Å². The molecule has 0 unspecified atom stereocenters. The summed E-state index contributed by atoms with van der Waals surface area (Å²) in [5.74, 6) is 0. The van der Waals surface area contributed by atoms with Gasteiger partial charge in [0.1, 0.15) is 0 Å². The molecule has 0 aliphatic heterocycles. The predicted molar refractivity (Wildman–Crippen MR) is 40.1 cm³/mol. The van der Waals surface area contributed by atoms with E-state index in [9.17, 15) is 8.42 Å². The van der Waals surface area contributed by atoms with Crippen molar-refractivity contribution in [2.24, 2.45) is 0 Å². The molecule has 3 nitrogen and oxygen atoms in total. The SMILES string of the molecule is CC=CC(=CC)S(=O)(=O)O.